The third-order valence-electron chi connectivity index (χ3n) is 2.47. The number of aromatic hydroxyl groups is 1. The van der Waals surface area contributed by atoms with Crippen molar-refractivity contribution in [2.24, 2.45) is 0 Å². The summed E-state index contributed by atoms with van der Waals surface area (Å²) in [5.41, 5.74) is 1.06. The molecular weight excluding hydrogens is 236 g/mol. The number of hydrogen-bond donors (Lipinski definition) is 2. The smallest absolute Gasteiger partial charge is 0.358 e. The summed E-state index contributed by atoms with van der Waals surface area (Å²) in [5.74, 6) is -0.0311. The largest absolute Gasteiger partial charge is 0.507 e. The van der Waals surface area contributed by atoms with Crippen LogP contribution >= 0.6 is 0 Å². The molecule has 0 saturated heterocycles. The second-order valence-corrected chi connectivity index (χ2v) is 3.51. The van der Waals surface area contributed by atoms with E-state index in [2.05, 4.69) is 14.9 Å². The highest BCUT2D eigenvalue weighted by atomic mass is 16.5. The molecule has 94 valence electrons. The van der Waals surface area contributed by atoms with E-state index in [-0.39, 0.29) is 11.4 Å². The Morgan fingerprint density at radius 2 is 2.17 bits per heavy atom. The van der Waals surface area contributed by atoms with Crippen LogP contribution in [0.25, 0.3) is 11.3 Å². The van der Waals surface area contributed by atoms with Crippen molar-refractivity contribution < 1.29 is 19.4 Å². The van der Waals surface area contributed by atoms with Crippen molar-refractivity contribution in [2.45, 2.75) is 0 Å². The van der Waals surface area contributed by atoms with Gasteiger partial charge in [0.1, 0.15) is 11.5 Å². The number of carbonyl (C=O) groups excluding carboxylic acids is 1. The predicted molar refractivity (Wildman–Crippen MR) is 63.6 cm³/mol. The lowest BCUT2D eigenvalue weighted by atomic mass is 10.1. The maximum Gasteiger partial charge on any atom is 0.358 e. The molecule has 6 heteroatoms. The SMILES string of the molecule is COC(=O)c1cc(-c2c(O)cccc2OC)[nH]n1. The molecule has 1 aromatic heterocycles. The zero-order chi connectivity index (χ0) is 13.1. The van der Waals surface area contributed by atoms with Gasteiger partial charge in [0.05, 0.1) is 25.5 Å². The molecule has 0 amide bonds. The molecule has 1 aromatic carbocycles. The minimum absolute atomic E-state index is 0.0365. The molecule has 0 aliphatic carbocycles. The lowest BCUT2D eigenvalue weighted by molar-refractivity contribution is 0.0594. The Labute approximate surface area is 103 Å². The van der Waals surface area contributed by atoms with Gasteiger partial charge in [-0.15, -0.1) is 0 Å². The third kappa shape index (κ3) is 2.00. The number of aromatic nitrogens is 2. The van der Waals surface area contributed by atoms with Crippen LogP contribution < -0.4 is 4.74 Å². The summed E-state index contributed by atoms with van der Waals surface area (Å²) in [6, 6.07) is 6.38. The second kappa shape index (κ2) is 4.79. The molecule has 1 heterocycles. The molecule has 0 fully saturated rings. The number of esters is 1. The van der Waals surface area contributed by atoms with E-state index in [1.165, 1.54) is 26.4 Å². The van der Waals surface area contributed by atoms with E-state index in [0.29, 0.717) is 17.0 Å². The van der Waals surface area contributed by atoms with Gasteiger partial charge in [0.15, 0.2) is 5.69 Å². The van der Waals surface area contributed by atoms with Crippen molar-refractivity contribution in [2.75, 3.05) is 14.2 Å². The average molecular weight is 248 g/mol. The van der Waals surface area contributed by atoms with Gasteiger partial charge in [0, 0.05) is 0 Å². The van der Waals surface area contributed by atoms with E-state index in [0.717, 1.165) is 0 Å². The van der Waals surface area contributed by atoms with Crippen molar-refractivity contribution in [3.05, 3.63) is 30.0 Å². The number of phenolic OH excluding ortho intramolecular Hbond substituents is 1. The Hall–Kier alpha value is -2.50. The van der Waals surface area contributed by atoms with Crippen LogP contribution in [0.3, 0.4) is 0 Å². The summed E-state index contributed by atoms with van der Waals surface area (Å²) in [7, 11) is 2.77. The molecule has 2 aromatic rings. The van der Waals surface area contributed by atoms with Crippen LogP contribution in [0, 0.1) is 0 Å². The number of benzene rings is 1. The first kappa shape index (κ1) is 12.0. The number of ether oxygens (including phenoxy) is 2. The number of aromatic amines is 1. The highest BCUT2D eigenvalue weighted by Gasteiger charge is 2.16. The summed E-state index contributed by atoms with van der Waals surface area (Å²) in [5, 5.41) is 16.3. The Balaban J connectivity index is 2.49. The number of methoxy groups -OCH3 is 2. The quantitative estimate of drug-likeness (QED) is 0.805. The summed E-state index contributed by atoms with van der Waals surface area (Å²) in [6.07, 6.45) is 0. The number of hydrogen-bond acceptors (Lipinski definition) is 5. The summed E-state index contributed by atoms with van der Waals surface area (Å²) < 4.78 is 9.71. The van der Waals surface area contributed by atoms with E-state index in [1.54, 1.807) is 12.1 Å². The maximum absolute atomic E-state index is 11.3. The molecular formula is C12H12N2O4. The Bertz CT molecular complexity index is 577. The van der Waals surface area contributed by atoms with Gasteiger partial charge in [0.2, 0.25) is 0 Å². The first-order valence-electron chi connectivity index (χ1n) is 5.17. The van der Waals surface area contributed by atoms with Crippen LogP contribution in [0.1, 0.15) is 10.5 Å². The summed E-state index contributed by atoms with van der Waals surface area (Å²) in [6.45, 7) is 0. The van der Waals surface area contributed by atoms with Gasteiger partial charge in [-0.25, -0.2) is 4.79 Å². The Morgan fingerprint density at radius 1 is 1.39 bits per heavy atom. The fraction of sp³-hybridized carbons (Fsp3) is 0.167. The number of rotatable bonds is 3. The standard InChI is InChI=1S/C12H12N2O4/c1-17-10-5-3-4-9(15)11(10)7-6-8(14-13-7)12(16)18-2/h3-6,15H,1-2H3,(H,13,14). The summed E-state index contributed by atoms with van der Waals surface area (Å²) in [4.78, 5) is 11.3. The Kier molecular flexibility index (Phi) is 3.18. The van der Waals surface area contributed by atoms with Crippen LogP contribution in [0.15, 0.2) is 24.3 Å². The first-order chi connectivity index (χ1) is 8.67. The molecule has 0 spiro atoms. The van der Waals surface area contributed by atoms with Crippen LogP contribution in [-0.2, 0) is 4.74 Å². The van der Waals surface area contributed by atoms with Crippen molar-refractivity contribution in [1.29, 1.82) is 0 Å². The van der Waals surface area contributed by atoms with Crippen molar-refractivity contribution in [1.82, 2.24) is 10.2 Å². The zero-order valence-corrected chi connectivity index (χ0v) is 9.93. The van der Waals surface area contributed by atoms with Gasteiger partial charge in [-0.2, -0.15) is 5.10 Å². The van der Waals surface area contributed by atoms with E-state index in [9.17, 15) is 9.90 Å². The number of carbonyl (C=O) groups is 1. The highest BCUT2D eigenvalue weighted by molar-refractivity contribution is 5.89. The van der Waals surface area contributed by atoms with E-state index < -0.39 is 5.97 Å². The zero-order valence-electron chi connectivity index (χ0n) is 9.93. The molecule has 0 aliphatic heterocycles. The molecule has 0 radical (unpaired) electrons. The predicted octanol–water partition coefficient (Wildman–Crippen LogP) is 1.58. The van der Waals surface area contributed by atoms with Crippen LogP contribution in [0.2, 0.25) is 0 Å². The van der Waals surface area contributed by atoms with E-state index >= 15 is 0 Å². The van der Waals surface area contributed by atoms with Gasteiger partial charge in [-0.05, 0) is 18.2 Å². The van der Waals surface area contributed by atoms with Crippen molar-refractivity contribution in [3.63, 3.8) is 0 Å². The van der Waals surface area contributed by atoms with E-state index in [4.69, 9.17) is 4.74 Å². The molecule has 2 rings (SSSR count). The van der Waals surface area contributed by atoms with Gasteiger partial charge in [-0.3, -0.25) is 5.10 Å². The molecule has 0 aliphatic rings. The number of nitrogens with one attached hydrogen (secondary N) is 1. The molecule has 0 atom stereocenters. The fourth-order valence-corrected chi connectivity index (χ4v) is 1.62. The maximum atomic E-state index is 11.3. The summed E-state index contributed by atoms with van der Waals surface area (Å²) >= 11 is 0. The fourth-order valence-electron chi connectivity index (χ4n) is 1.62. The van der Waals surface area contributed by atoms with Crippen LogP contribution in [0.5, 0.6) is 11.5 Å². The Morgan fingerprint density at radius 3 is 2.83 bits per heavy atom. The number of phenols is 1. The van der Waals surface area contributed by atoms with Gasteiger partial charge < -0.3 is 14.6 Å². The number of nitrogens with zero attached hydrogens (tertiary/aromatic N) is 1. The molecule has 0 unspecified atom stereocenters. The van der Waals surface area contributed by atoms with Gasteiger partial charge in [-0.1, -0.05) is 6.07 Å². The van der Waals surface area contributed by atoms with Crippen LogP contribution in [0.4, 0.5) is 0 Å². The normalized spacial score (nSPS) is 10.1. The minimum atomic E-state index is -0.549. The monoisotopic (exact) mass is 248 g/mol. The first-order valence-corrected chi connectivity index (χ1v) is 5.17. The van der Waals surface area contributed by atoms with Crippen molar-refractivity contribution >= 4 is 5.97 Å². The van der Waals surface area contributed by atoms with Gasteiger partial charge in [0.25, 0.3) is 0 Å². The molecule has 2 N–H and O–H groups in total. The lowest BCUT2D eigenvalue weighted by Crippen LogP contribution is -2.00. The topological polar surface area (TPSA) is 84.4 Å². The number of H-pyrrole nitrogens is 1. The van der Waals surface area contributed by atoms with Gasteiger partial charge >= 0.3 is 5.97 Å². The molecule has 0 bridgehead atoms. The average Bonchev–Trinajstić information content (AvgIpc) is 2.86. The highest BCUT2D eigenvalue weighted by Crippen LogP contribution is 2.36. The molecule has 0 saturated carbocycles. The second-order valence-electron chi connectivity index (χ2n) is 3.51. The third-order valence-corrected chi connectivity index (χ3v) is 2.47. The lowest BCUT2D eigenvalue weighted by Gasteiger charge is -2.07. The molecule has 6 nitrogen and oxygen atoms in total. The van der Waals surface area contributed by atoms with E-state index in [1.807, 2.05) is 0 Å². The van der Waals surface area contributed by atoms with Crippen molar-refractivity contribution in [3.8, 4) is 22.8 Å². The minimum Gasteiger partial charge on any atom is -0.507 e. The molecule has 18 heavy (non-hydrogen) atoms. The van der Waals surface area contributed by atoms with Crippen LogP contribution in [-0.4, -0.2) is 35.5 Å².